The Hall–Kier alpha value is -6.32. The van der Waals surface area contributed by atoms with E-state index in [0.29, 0.717) is 5.95 Å². The average molecular weight is 602 g/mol. The minimum absolute atomic E-state index is 0.611. The Labute approximate surface area is 275 Å². The molecule has 0 saturated carbocycles. The Morgan fingerprint density at radius 3 is 1.49 bits per heavy atom. The molecule has 0 amide bonds. The van der Waals surface area contributed by atoms with Gasteiger partial charge in [0, 0.05) is 22.2 Å². The normalized spacial score (nSPS) is 11.0. The zero-order chi connectivity index (χ0) is 31.4. The zero-order valence-electron chi connectivity index (χ0n) is 25.7. The molecule has 0 aliphatic carbocycles. The summed E-state index contributed by atoms with van der Waals surface area (Å²) in [6.07, 6.45) is 0. The second-order valence-corrected chi connectivity index (χ2v) is 11.5. The van der Waals surface area contributed by atoms with Gasteiger partial charge in [0.2, 0.25) is 5.95 Å². The van der Waals surface area contributed by atoms with Crippen LogP contribution >= 0.6 is 0 Å². The highest BCUT2D eigenvalue weighted by Crippen LogP contribution is 2.43. The second-order valence-electron chi connectivity index (χ2n) is 11.5. The van der Waals surface area contributed by atoms with Crippen molar-refractivity contribution in [3.63, 3.8) is 0 Å². The lowest BCUT2D eigenvalue weighted by Gasteiger charge is -2.27. The standard InChI is InChI=1S/C44H31N3/c1-5-15-32(16-6-1)34-25-28-38(29-26-34)47(44-45-41-24-14-13-23-39(41)43(46-44)36-21-11-4-12-22-36)42-30-27-37(33-17-7-2-8-18-33)31-40(42)35-19-9-3-10-20-35/h1-31H. The number of hydrogen-bond donors (Lipinski definition) is 0. The highest BCUT2D eigenvalue weighted by atomic mass is 15.3. The molecule has 0 spiro atoms. The molecular weight excluding hydrogens is 571 g/mol. The molecule has 0 fully saturated rings. The summed E-state index contributed by atoms with van der Waals surface area (Å²) in [7, 11) is 0. The van der Waals surface area contributed by atoms with Crippen molar-refractivity contribution in [1.29, 1.82) is 0 Å². The maximum Gasteiger partial charge on any atom is 0.235 e. The third kappa shape index (κ3) is 5.67. The number of nitrogens with zero attached hydrogens (tertiary/aromatic N) is 3. The maximum atomic E-state index is 5.34. The van der Waals surface area contributed by atoms with Gasteiger partial charge in [-0.2, -0.15) is 0 Å². The molecular formula is C44H31N3. The largest absolute Gasteiger partial charge is 0.279 e. The lowest BCUT2D eigenvalue weighted by molar-refractivity contribution is 1.11. The van der Waals surface area contributed by atoms with Gasteiger partial charge in [0.15, 0.2) is 0 Å². The molecule has 1 heterocycles. The van der Waals surface area contributed by atoms with E-state index in [1.807, 2.05) is 24.3 Å². The molecule has 3 heteroatoms. The molecule has 0 radical (unpaired) electrons. The molecule has 222 valence electrons. The Balaban J connectivity index is 1.38. The first-order valence-corrected chi connectivity index (χ1v) is 15.8. The first-order chi connectivity index (χ1) is 23.3. The summed E-state index contributed by atoms with van der Waals surface area (Å²) >= 11 is 0. The Morgan fingerprint density at radius 1 is 0.362 bits per heavy atom. The number of fused-ring (bicyclic) bond motifs is 1. The van der Waals surface area contributed by atoms with Gasteiger partial charge in [-0.25, -0.2) is 9.97 Å². The molecule has 0 aliphatic rings. The van der Waals surface area contributed by atoms with Crippen molar-refractivity contribution in [3.05, 3.63) is 188 Å². The SMILES string of the molecule is c1ccc(-c2ccc(N(c3nc(-c4ccccc4)c4ccccc4n3)c3ccc(-c4ccccc4)cc3-c3ccccc3)cc2)cc1. The lowest BCUT2D eigenvalue weighted by atomic mass is 9.96. The minimum Gasteiger partial charge on any atom is -0.279 e. The number of para-hydroxylation sites is 1. The highest BCUT2D eigenvalue weighted by Gasteiger charge is 2.22. The third-order valence-corrected chi connectivity index (χ3v) is 8.50. The van der Waals surface area contributed by atoms with Gasteiger partial charge in [-0.15, -0.1) is 0 Å². The van der Waals surface area contributed by atoms with Crippen LogP contribution in [0.4, 0.5) is 17.3 Å². The van der Waals surface area contributed by atoms with Crippen LogP contribution in [0.3, 0.4) is 0 Å². The molecule has 8 aromatic rings. The third-order valence-electron chi connectivity index (χ3n) is 8.50. The van der Waals surface area contributed by atoms with Crippen LogP contribution in [0.5, 0.6) is 0 Å². The Morgan fingerprint density at radius 2 is 0.851 bits per heavy atom. The quantitative estimate of drug-likeness (QED) is 0.182. The second kappa shape index (κ2) is 12.6. The highest BCUT2D eigenvalue weighted by molar-refractivity contribution is 5.95. The van der Waals surface area contributed by atoms with Crippen LogP contribution in [0.1, 0.15) is 0 Å². The summed E-state index contributed by atoms with van der Waals surface area (Å²) in [5, 5.41) is 1.02. The van der Waals surface area contributed by atoms with Crippen LogP contribution in [-0.2, 0) is 0 Å². The topological polar surface area (TPSA) is 29.0 Å². The summed E-state index contributed by atoms with van der Waals surface area (Å²) in [5.74, 6) is 0.611. The Kier molecular flexibility index (Phi) is 7.54. The number of aromatic nitrogens is 2. The fourth-order valence-corrected chi connectivity index (χ4v) is 6.17. The van der Waals surface area contributed by atoms with Gasteiger partial charge in [0.1, 0.15) is 0 Å². The van der Waals surface area contributed by atoms with Gasteiger partial charge in [-0.05, 0) is 58.1 Å². The summed E-state index contributed by atoms with van der Waals surface area (Å²) in [5.41, 5.74) is 11.7. The predicted molar refractivity (Wildman–Crippen MR) is 196 cm³/mol. The summed E-state index contributed by atoms with van der Waals surface area (Å²) in [6, 6.07) is 65.6. The van der Waals surface area contributed by atoms with Crippen LogP contribution < -0.4 is 4.90 Å². The summed E-state index contributed by atoms with van der Waals surface area (Å²) in [6.45, 7) is 0. The average Bonchev–Trinajstić information content (AvgIpc) is 3.16. The van der Waals surface area contributed by atoms with E-state index in [1.165, 1.54) is 11.1 Å². The molecule has 7 aromatic carbocycles. The number of rotatable bonds is 7. The molecule has 3 nitrogen and oxygen atoms in total. The smallest absolute Gasteiger partial charge is 0.235 e. The molecule has 0 unspecified atom stereocenters. The summed E-state index contributed by atoms with van der Waals surface area (Å²) < 4.78 is 0. The van der Waals surface area contributed by atoms with Crippen LogP contribution in [0, 0.1) is 0 Å². The van der Waals surface area contributed by atoms with E-state index >= 15 is 0 Å². The van der Waals surface area contributed by atoms with E-state index in [9.17, 15) is 0 Å². The van der Waals surface area contributed by atoms with Gasteiger partial charge >= 0.3 is 0 Å². The number of benzene rings is 7. The van der Waals surface area contributed by atoms with Crippen molar-refractivity contribution in [3.8, 4) is 44.6 Å². The van der Waals surface area contributed by atoms with Gasteiger partial charge in [-0.3, -0.25) is 4.90 Å². The number of hydrogen-bond acceptors (Lipinski definition) is 3. The van der Waals surface area contributed by atoms with Crippen molar-refractivity contribution in [2.75, 3.05) is 4.90 Å². The van der Waals surface area contributed by atoms with E-state index in [4.69, 9.17) is 9.97 Å². The molecule has 0 atom stereocenters. The number of anilines is 3. The van der Waals surface area contributed by atoms with Gasteiger partial charge in [-0.1, -0.05) is 158 Å². The van der Waals surface area contributed by atoms with Crippen molar-refractivity contribution >= 4 is 28.2 Å². The van der Waals surface area contributed by atoms with E-state index in [-0.39, 0.29) is 0 Å². The van der Waals surface area contributed by atoms with Crippen molar-refractivity contribution < 1.29 is 0 Å². The fourth-order valence-electron chi connectivity index (χ4n) is 6.17. The van der Waals surface area contributed by atoms with E-state index < -0.39 is 0 Å². The predicted octanol–water partition coefficient (Wildman–Crippen LogP) is 11.8. The zero-order valence-corrected chi connectivity index (χ0v) is 25.7. The van der Waals surface area contributed by atoms with Crippen LogP contribution in [0.25, 0.3) is 55.5 Å². The van der Waals surface area contributed by atoms with Crippen molar-refractivity contribution in [1.82, 2.24) is 9.97 Å². The molecule has 0 bridgehead atoms. The van der Waals surface area contributed by atoms with E-state index in [0.717, 1.165) is 55.8 Å². The van der Waals surface area contributed by atoms with Crippen molar-refractivity contribution in [2.45, 2.75) is 0 Å². The maximum absolute atomic E-state index is 5.34. The first kappa shape index (κ1) is 28.2. The minimum atomic E-state index is 0.611. The summed E-state index contributed by atoms with van der Waals surface area (Å²) in [4.78, 5) is 12.8. The molecule has 0 saturated heterocycles. The van der Waals surface area contributed by atoms with Gasteiger partial charge < -0.3 is 0 Å². The van der Waals surface area contributed by atoms with Gasteiger partial charge in [0.05, 0.1) is 16.9 Å². The van der Waals surface area contributed by atoms with Crippen LogP contribution in [-0.4, -0.2) is 9.97 Å². The molecule has 8 rings (SSSR count). The fraction of sp³-hybridized carbons (Fsp3) is 0. The molecule has 47 heavy (non-hydrogen) atoms. The van der Waals surface area contributed by atoms with Crippen LogP contribution in [0.15, 0.2) is 188 Å². The Bertz CT molecular complexity index is 2270. The molecule has 0 aliphatic heterocycles. The van der Waals surface area contributed by atoms with Crippen molar-refractivity contribution in [2.24, 2.45) is 0 Å². The van der Waals surface area contributed by atoms with E-state index in [2.05, 4.69) is 169 Å². The van der Waals surface area contributed by atoms with Crippen LogP contribution in [0.2, 0.25) is 0 Å². The van der Waals surface area contributed by atoms with Gasteiger partial charge in [0.25, 0.3) is 0 Å². The first-order valence-electron chi connectivity index (χ1n) is 15.8. The molecule has 0 N–H and O–H groups in total. The van der Waals surface area contributed by atoms with E-state index in [1.54, 1.807) is 0 Å². The molecule has 1 aromatic heterocycles. The lowest BCUT2D eigenvalue weighted by Crippen LogP contribution is -2.15. The monoisotopic (exact) mass is 601 g/mol.